The minimum Gasteiger partial charge on any atom is -0.336 e. The quantitative estimate of drug-likeness (QED) is 0.763. The highest BCUT2D eigenvalue weighted by Crippen LogP contribution is 2.18. The first kappa shape index (κ1) is 8.90. The van der Waals surface area contributed by atoms with Gasteiger partial charge in [-0.25, -0.2) is 4.98 Å². The summed E-state index contributed by atoms with van der Waals surface area (Å²) in [6, 6.07) is 5.76. The minimum absolute atomic E-state index is 0.475. The van der Waals surface area contributed by atoms with Crippen molar-refractivity contribution in [3.8, 4) is 11.4 Å². The summed E-state index contributed by atoms with van der Waals surface area (Å²) in [6.07, 6.45) is 3.51. The predicted octanol–water partition coefficient (Wildman–Crippen LogP) is 0.941. The highest BCUT2D eigenvalue weighted by molar-refractivity contribution is 5.56. The molecule has 0 amide bonds. The van der Waals surface area contributed by atoms with Crippen molar-refractivity contribution in [1.29, 1.82) is 0 Å². The zero-order chi connectivity index (χ0) is 9.97. The molecule has 0 radical (unpaired) electrons. The van der Waals surface area contributed by atoms with Gasteiger partial charge in [-0.05, 0) is 12.1 Å². The van der Waals surface area contributed by atoms with E-state index in [9.17, 15) is 0 Å². The average molecular weight is 188 g/mol. The van der Waals surface area contributed by atoms with Crippen LogP contribution >= 0.6 is 0 Å². The van der Waals surface area contributed by atoms with E-state index in [4.69, 9.17) is 5.73 Å². The molecule has 0 bridgehead atoms. The first-order valence-corrected chi connectivity index (χ1v) is 4.44. The molecule has 4 nitrogen and oxygen atoms in total. The van der Waals surface area contributed by atoms with Gasteiger partial charge < -0.3 is 10.3 Å². The molecule has 4 heteroatoms. The largest absolute Gasteiger partial charge is 0.336 e. The van der Waals surface area contributed by atoms with Crippen LogP contribution in [-0.4, -0.2) is 14.5 Å². The van der Waals surface area contributed by atoms with Crippen molar-refractivity contribution < 1.29 is 0 Å². The number of rotatable bonds is 2. The second kappa shape index (κ2) is 3.59. The monoisotopic (exact) mass is 188 g/mol. The molecule has 2 aromatic rings. The van der Waals surface area contributed by atoms with E-state index in [0.717, 1.165) is 17.1 Å². The Morgan fingerprint density at radius 1 is 1.36 bits per heavy atom. The molecule has 0 aliphatic heterocycles. The molecule has 0 aromatic carbocycles. The maximum atomic E-state index is 5.64. The maximum absolute atomic E-state index is 5.64. The number of aromatic nitrogens is 3. The van der Waals surface area contributed by atoms with Crippen LogP contribution in [-0.2, 0) is 13.6 Å². The summed E-state index contributed by atoms with van der Waals surface area (Å²) in [5.41, 5.74) is 8.39. The van der Waals surface area contributed by atoms with Crippen LogP contribution in [0.25, 0.3) is 11.4 Å². The Kier molecular flexibility index (Phi) is 2.28. The van der Waals surface area contributed by atoms with E-state index in [1.54, 1.807) is 12.5 Å². The van der Waals surface area contributed by atoms with Gasteiger partial charge in [0, 0.05) is 19.8 Å². The highest BCUT2D eigenvalue weighted by Gasteiger charge is 2.09. The van der Waals surface area contributed by atoms with Crippen molar-refractivity contribution in [2.24, 2.45) is 12.8 Å². The lowest BCUT2D eigenvalue weighted by Crippen LogP contribution is -2.04. The van der Waals surface area contributed by atoms with Crippen molar-refractivity contribution in [3.63, 3.8) is 0 Å². The number of hydrogen-bond acceptors (Lipinski definition) is 3. The van der Waals surface area contributed by atoms with Crippen LogP contribution in [0.1, 0.15) is 5.69 Å². The Morgan fingerprint density at radius 2 is 2.21 bits per heavy atom. The Bertz CT molecular complexity index is 419. The Labute approximate surface area is 82.4 Å². The Hall–Kier alpha value is -1.68. The van der Waals surface area contributed by atoms with E-state index in [1.165, 1.54) is 0 Å². The van der Waals surface area contributed by atoms with Gasteiger partial charge in [0.15, 0.2) is 0 Å². The molecular formula is C10H12N4. The molecule has 2 aromatic heterocycles. The SMILES string of the molecule is Cn1cnc(-c2ccccn2)c1CN. The maximum Gasteiger partial charge on any atom is 0.111 e. The van der Waals surface area contributed by atoms with E-state index in [-0.39, 0.29) is 0 Å². The molecule has 0 fully saturated rings. The lowest BCUT2D eigenvalue weighted by Gasteiger charge is -2.01. The van der Waals surface area contributed by atoms with Gasteiger partial charge in [0.05, 0.1) is 17.7 Å². The van der Waals surface area contributed by atoms with Gasteiger partial charge in [-0.3, -0.25) is 4.98 Å². The van der Waals surface area contributed by atoms with E-state index >= 15 is 0 Å². The van der Waals surface area contributed by atoms with Crippen LogP contribution in [0.5, 0.6) is 0 Å². The fourth-order valence-electron chi connectivity index (χ4n) is 1.41. The second-order valence-electron chi connectivity index (χ2n) is 3.07. The number of nitrogens with two attached hydrogens (primary N) is 1. The first-order valence-electron chi connectivity index (χ1n) is 4.44. The van der Waals surface area contributed by atoms with E-state index in [1.807, 2.05) is 29.8 Å². The fourth-order valence-corrected chi connectivity index (χ4v) is 1.41. The molecule has 0 spiro atoms. The fraction of sp³-hybridized carbons (Fsp3) is 0.200. The molecule has 14 heavy (non-hydrogen) atoms. The molecule has 0 atom stereocenters. The molecule has 2 rings (SSSR count). The molecule has 0 saturated heterocycles. The molecule has 0 saturated carbocycles. The van der Waals surface area contributed by atoms with Crippen molar-refractivity contribution in [2.45, 2.75) is 6.54 Å². The normalized spacial score (nSPS) is 10.4. The highest BCUT2D eigenvalue weighted by atomic mass is 15.0. The summed E-state index contributed by atoms with van der Waals surface area (Å²) in [5.74, 6) is 0. The van der Waals surface area contributed by atoms with Crippen LogP contribution in [0, 0.1) is 0 Å². The summed E-state index contributed by atoms with van der Waals surface area (Å²) < 4.78 is 1.92. The van der Waals surface area contributed by atoms with E-state index in [2.05, 4.69) is 9.97 Å². The van der Waals surface area contributed by atoms with Gasteiger partial charge >= 0.3 is 0 Å². The van der Waals surface area contributed by atoms with Crippen LogP contribution in [0.3, 0.4) is 0 Å². The lowest BCUT2D eigenvalue weighted by molar-refractivity contribution is 0.821. The van der Waals surface area contributed by atoms with Gasteiger partial charge in [-0.2, -0.15) is 0 Å². The Balaban J connectivity index is 2.52. The van der Waals surface area contributed by atoms with Crippen molar-refractivity contribution in [2.75, 3.05) is 0 Å². The number of hydrogen-bond donors (Lipinski definition) is 1. The van der Waals surface area contributed by atoms with Crippen LogP contribution in [0.15, 0.2) is 30.7 Å². The van der Waals surface area contributed by atoms with E-state index < -0.39 is 0 Å². The third-order valence-electron chi connectivity index (χ3n) is 2.16. The number of nitrogens with zero attached hydrogens (tertiary/aromatic N) is 3. The molecule has 0 aliphatic carbocycles. The lowest BCUT2D eigenvalue weighted by atomic mass is 10.2. The van der Waals surface area contributed by atoms with Gasteiger partial charge in [0.1, 0.15) is 5.69 Å². The second-order valence-corrected chi connectivity index (χ2v) is 3.07. The summed E-state index contributed by atoms with van der Waals surface area (Å²) in [6.45, 7) is 0.475. The van der Waals surface area contributed by atoms with Crippen LogP contribution < -0.4 is 5.73 Å². The molecule has 0 unspecified atom stereocenters. The topological polar surface area (TPSA) is 56.7 Å². The van der Waals surface area contributed by atoms with Gasteiger partial charge in [0.2, 0.25) is 0 Å². The van der Waals surface area contributed by atoms with Gasteiger partial charge in [-0.1, -0.05) is 6.07 Å². The molecule has 72 valence electrons. The van der Waals surface area contributed by atoms with E-state index in [0.29, 0.717) is 6.54 Å². The molecule has 2 heterocycles. The van der Waals surface area contributed by atoms with Gasteiger partial charge in [0.25, 0.3) is 0 Å². The smallest absolute Gasteiger partial charge is 0.111 e. The minimum atomic E-state index is 0.475. The Morgan fingerprint density at radius 3 is 2.86 bits per heavy atom. The summed E-state index contributed by atoms with van der Waals surface area (Å²) in [4.78, 5) is 8.52. The third-order valence-corrected chi connectivity index (χ3v) is 2.16. The predicted molar refractivity (Wildman–Crippen MR) is 54.3 cm³/mol. The number of pyridine rings is 1. The standard InChI is InChI=1S/C10H12N4/c1-14-7-13-10(9(14)6-11)8-4-2-3-5-12-8/h2-5,7H,6,11H2,1H3. The van der Waals surface area contributed by atoms with Crippen molar-refractivity contribution in [1.82, 2.24) is 14.5 Å². The summed E-state index contributed by atoms with van der Waals surface area (Å²) in [5, 5.41) is 0. The number of imidazole rings is 1. The average Bonchev–Trinajstić information content (AvgIpc) is 2.61. The zero-order valence-electron chi connectivity index (χ0n) is 8.01. The summed E-state index contributed by atoms with van der Waals surface area (Å²) >= 11 is 0. The molecule has 2 N–H and O–H groups in total. The van der Waals surface area contributed by atoms with Crippen molar-refractivity contribution >= 4 is 0 Å². The summed E-state index contributed by atoms with van der Waals surface area (Å²) in [7, 11) is 1.93. The first-order chi connectivity index (χ1) is 6.83. The van der Waals surface area contributed by atoms with Crippen LogP contribution in [0.2, 0.25) is 0 Å². The molecule has 0 aliphatic rings. The third kappa shape index (κ3) is 1.40. The van der Waals surface area contributed by atoms with Crippen molar-refractivity contribution in [3.05, 3.63) is 36.4 Å². The molecular weight excluding hydrogens is 176 g/mol. The zero-order valence-corrected chi connectivity index (χ0v) is 8.01. The van der Waals surface area contributed by atoms with Gasteiger partial charge in [-0.15, -0.1) is 0 Å². The van der Waals surface area contributed by atoms with Crippen LogP contribution in [0.4, 0.5) is 0 Å². The number of aryl methyl sites for hydroxylation is 1.